The lowest BCUT2D eigenvalue weighted by atomic mass is 9.90. The molecule has 176 valence electrons. The van der Waals surface area contributed by atoms with Crippen LogP contribution in [0.4, 0.5) is 5.82 Å². The predicted octanol–water partition coefficient (Wildman–Crippen LogP) is 2.41. The first-order valence-corrected chi connectivity index (χ1v) is 12.2. The van der Waals surface area contributed by atoms with Gasteiger partial charge in [-0.25, -0.2) is 4.68 Å². The Morgan fingerprint density at radius 3 is 2.62 bits per heavy atom. The van der Waals surface area contributed by atoms with Crippen LogP contribution < -0.4 is 15.8 Å². The van der Waals surface area contributed by atoms with Gasteiger partial charge >= 0.3 is 0 Å². The van der Waals surface area contributed by atoms with Gasteiger partial charge in [0.25, 0.3) is 11.5 Å². The fourth-order valence-corrected chi connectivity index (χ4v) is 4.89. The lowest BCUT2D eigenvalue weighted by Gasteiger charge is -2.32. The van der Waals surface area contributed by atoms with Crippen LogP contribution in [0, 0.1) is 5.92 Å². The lowest BCUT2D eigenvalue weighted by molar-refractivity contribution is 0.0945. The molecule has 0 unspecified atom stereocenters. The van der Waals surface area contributed by atoms with Gasteiger partial charge in [0.05, 0.1) is 12.2 Å². The molecule has 0 spiro atoms. The maximum absolute atomic E-state index is 12.5. The molecule has 1 aliphatic carbocycles. The molecule has 3 aromatic rings. The number of benzene rings is 1. The third kappa shape index (κ3) is 5.16. The molecule has 1 saturated heterocycles. The number of aromatic nitrogens is 4. The zero-order valence-corrected chi connectivity index (χ0v) is 19.3. The molecular weight excluding hydrogens is 428 g/mol. The number of carbonyl (C=O) groups is 1. The Kier molecular flexibility index (Phi) is 6.65. The van der Waals surface area contributed by atoms with Crippen molar-refractivity contribution >= 4 is 11.7 Å². The van der Waals surface area contributed by atoms with E-state index in [-0.39, 0.29) is 17.2 Å². The SMILES string of the molecule is O=C(NCCn1nc2c(cc1=O)CCC2)c1ccc(N2CCC(Cc3ccccc3)CC2)nn1. The fraction of sp³-hybridized carbons (Fsp3) is 0.423. The second-order valence-corrected chi connectivity index (χ2v) is 9.18. The Bertz CT molecular complexity index is 1180. The van der Waals surface area contributed by atoms with E-state index in [9.17, 15) is 9.59 Å². The van der Waals surface area contributed by atoms with E-state index in [0.717, 1.165) is 68.7 Å². The van der Waals surface area contributed by atoms with Crippen molar-refractivity contribution in [2.45, 2.75) is 45.1 Å². The highest BCUT2D eigenvalue weighted by molar-refractivity contribution is 5.92. The highest BCUT2D eigenvalue weighted by atomic mass is 16.2. The average Bonchev–Trinajstić information content (AvgIpc) is 3.32. The van der Waals surface area contributed by atoms with Crippen LogP contribution in [-0.4, -0.2) is 45.5 Å². The number of hydrogen-bond acceptors (Lipinski definition) is 6. The van der Waals surface area contributed by atoms with Gasteiger partial charge in [-0.2, -0.15) is 5.10 Å². The van der Waals surface area contributed by atoms with Crippen LogP contribution in [0.15, 0.2) is 53.3 Å². The number of carbonyl (C=O) groups excluding carboxylic acids is 1. The summed E-state index contributed by atoms with van der Waals surface area (Å²) in [7, 11) is 0. The van der Waals surface area contributed by atoms with E-state index in [1.807, 2.05) is 6.07 Å². The molecular formula is C26H30N6O2. The molecule has 8 nitrogen and oxygen atoms in total. The maximum atomic E-state index is 12.5. The number of amides is 1. The van der Waals surface area contributed by atoms with Crippen LogP contribution in [0.5, 0.6) is 0 Å². The first kappa shape index (κ1) is 22.3. The standard InChI is InChI=1S/C26H30N6O2/c33-25-18-21-7-4-8-22(21)30-32(25)16-13-27-26(34)23-9-10-24(29-28-23)31-14-11-20(12-15-31)17-19-5-2-1-3-6-19/h1-3,5-6,9-10,18,20H,4,7-8,11-17H2,(H,27,34). The molecule has 2 aromatic heterocycles. The van der Waals surface area contributed by atoms with Gasteiger partial charge in [0, 0.05) is 25.7 Å². The number of aryl methyl sites for hydroxylation is 2. The highest BCUT2D eigenvalue weighted by Gasteiger charge is 2.21. The first-order valence-electron chi connectivity index (χ1n) is 12.2. The fourth-order valence-electron chi connectivity index (χ4n) is 4.89. The minimum Gasteiger partial charge on any atom is -0.355 e. The van der Waals surface area contributed by atoms with Crippen molar-refractivity contribution in [3.63, 3.8) is 0 Å². The second-order valence-electron chi connectivity index (χ2n) is 9.18. The summed E-state index contributed by atoms with van der Waals surface area (Å²) in [4.78, 5) is 26.9. The molecule has 1 aromatic carbocycles. The average molecular weight is 459 g/mol. The van der Waals surface area contributed by atoms with Gasteiger partial charge in [-0.15, -0.1) is 10.2 Å². The van der Waals surface area contributed by atoms with Crippen molar-refractivity contribution in [1.29, 1.82) is 0 Å². The molecule has 5 rings (SSSR count). The first-order chi connectivity index (χ1) is 16.7. The van der Waals surface area contributed by atoms with Gasteiger partial charge in [0.1, 0.15) is 0 Å². The van der Waals surface area contributed by atoms with Gasteiger partial charge in [-0.05, 0) is 67.7 Å². The van der Waals surface area contributed by atoms with E-state index < -0.39 is 0 Å². The van der Waals surface area contributed by atoms with Gasteiger partial charge in [0.15, 0.2) is 11.5 Å². The minimum absolute atomic E-state index is 0.119. The normalized spacial score (nSPS) is 15.8. The van der Waals surface area contributed by atoms with E-state index in [0.29, 0.717) is 19.0 Å². The summed E-state index contributed by atoms with van der Waals surface area (Å²) in [5.74, 6) is 1.20. The molecule has 0 saturated carbocycles. The van der Waals surface area contributed by atoms with Gasteiger partial charge in [-0.1, -0.05) is 30.3 Å². The van der Waals surface area contributed by atoms with Gasteiger partial charge in [0.2, 0.25) is 0 Å². The number of piperidine rings is 1. The van der Waals surface area contributed by atoms with E-state index in [4.69, 9.17) is 0 Å². The van der Waals surface area contributed by atoms with E-state index in [1.165, 1.54) is 10.2 Å². The van der Waals surface area contributed by atoms with Crippen LogP contribution in [0.3, 0.4) is 0 Å². The Morgan fingerprint density at radius 2 is 1.85 bits per heavy atom. The molecule has 0 atom stereocenters. The Hall–Kier alpha value is -3.55. The quantitative estimate of drug-likeness (QED) is 0.585. The maximum Gasteiger partial charge on any atom is 0.271 e. The Morgan fingerprint density at radius 1 is 1.03 bits per heavy atom. The van der Waals surface area contributed by atoms with Crippen LogP contribution in [-0.2, 0) is 25.8 Å². The number of fused-ring (bicyclic) bond motifs is 1. The molecule has 34 heavy (non-hydrogen) atoms. The Balaban J connectivity index is 1.10. The summed E-state index contributed by atoms with van der Waals surface area (Å²) in [5.41, 5.74) is 3.61. The van der Waals surface area contributed by atoms with E-state index in [2.05, 4.69) is 55.8 Å². The molecule has 1 aliphatic heterocycles. The number of anilines is 1. The molecule has 0 bridgehead atoms. The summed E-state index contributed by atoms with van der Waals surface area (Å²) in [6.07, 6.45) is 6.24. The summed E-state index contributed by atoms with van der Waals surface area (Å²) in [6, 6.07) is 15.9. The van der Waals surface area contributed by atoms with Crippen molar-refractivity contribution in [3.8, 4) is 0 Å². The number of hydrogen-bond donors (Lipinski definition) is 1. The van der Waals surface area contributed by atoms with Crippen LogP contribution in [0.25, 0.3) is 0 Å². The highest BCUT2D eigenvalue weighted by Crippen LogP contribution is 2.24. The zero-order chi connectivity index (χ0) is 23.3. The van der Waals surface area contributed by atoms with Gasteiger partial charge < -0.3 is 10.2 Å². The largest absolute Gasteiger partial charge is 0.355 e. The summed E-state index contributed by atoms with van der Waals surface area (Å²) in [5, 5.41) is 15.7. The lowest BCUT2D eigenvalue weighted by Crippen LogP contribution is -2.35. The number of rotatable bonds is 7. The van der Waals surface area contributed by atoms with Crippen molar-refractivity contribution in [2.75, 3.05) is 24.5 Å². The predicted molar refractivity (Wildman–Crippen MR) is 130 cm³/mol. The molecule has 0 radical (unpaired) electrons. The second kappa shape index (κ2) is 10.2. The molecule has 8 heteroatoms. The van der Waals surface area contributed by atoms with Crippen LogP contribution in [0.2, 0.25) is 0 Å². The van der Waals surface area contributed by atoms with Crippen molar-refractivity contribution in [1.82, 2.24) is 25.3 Å². The van der Waals surface area contributed by atoms with Gasteiger partial charge in [-0.3, -0.25) is 9.59 Å². The van der Waals surface area contributed by atoms with Crippen LogP contribution in [0.1, 0.15) is 46.6 Å². The zero-order valence-electron chi connectivity index (χ0n) is 19.3. The third-order valence-corrected chi connectivity index (χ3v) is 6.82. The molecule has 2 aliphatic rings. The Labute approximate surface area is 199 Å². The number of nitrogens with zero attached hydrogens (tertiary/aromatic N) is 5. The molecule has 1 amide bonds. The monoisotopic (exact) mass is 458 g/mol. The van der Waals surface area contributed by atoms with E-state index in [1.54, 1.807) is 12.1 Å². The van der Waals surface area contributed by atoms with Crippen LogP contribution >= 0.6 is 0 Å². The number of nitrogens with one attached hydrogen (secondary N) is 1. The van der Waals surface area contributed by atoms with Crippen molar-refractivity contribution in [3.05, 3.63) is 81.4 Å². The summed E-state index contributed by atoms with van der Waals surface area (Å²) >= 11 is 0. The topological polar surface area (TPSA) is 93.0 Å². The van der Waals surface area contributed by atoms with E-state index >= 15 is 0 Å². The molecule has 3 heterocycles. The van der Waals surface area contributed by atoms with Crippen molar-refractivity contribution < 1.29 is 4.79 Å². The summed E-state index contributed by atoms with van der Waals surface area (Å²) < 4.78 is 1.43. The minimum atomic E-state index is -0.296. The third-order valence-electron chi connectivity index (χ3n) is 6.82. The molecule has 1 fully saturated rings. The molecule has 1 N–H and O–H groups in total. The van der Waals surface area contributed by atoms with Crippen molar-refractivity contribution in [2.24, 2.45) is 5.92 Å². The smallest absolute Gasteiger partial charge is 0.271 e. The summed E-state index contributed by atoms with van der Waals surface area (Å²) in [6.45, 7) is 2.53.